The zero-order valence-electron chi connectivity index (χ0n) is 29.9. The standard InChI is InChI=1S/C52H34N2O/c1-5-18-35(19-6-1)40-26-13-14-28-42(40)39-32-45(43-29-16-15-27-41(43)36-20-7-2-8-21-36)51-46(33-39)50-44(30-17-31-49(50)55-51)48-34-47(37-22-9-3-10-23-37)53-52(54-48)38-24-11-4-12-25-38/h1-34H. The van der Waals surface area contributed by atoms with Gasteiger partial charge in [-0.15, -0.1) is 0 Å². The van der Waals surface area contributed by atoms with Gasteiger partial charge in [-0.05, 0) is 63.2 Å². The minimum absolute atomic E-state index is 0.678. The van der Waals surface area contributed by atoms with Gasteiger partial charge in [0, 0.05) is 33.0 Å². The molecular formula is C52H34N2O. The van der Waals surface area contributed by atoms with Crippen LogP contribution < -0.4 is 0 Å². The highest BCUT2D eigenvalue weighted by Gasteiger charge is 2.22. The van der Waals surface area contributed by atoms with Crippen molar-refractivity contribution in [3.05, 3.63) is 206 Å². The third-order valence-corrected chi connectivity index (χ3v) is 10.3. The molecule has 0 saturated heterocycles. The van der Waals surface area contributed by atoms with E-state index in [2.05, 4.69) is 170 Å². The second-order valence-corrected chi connectivity index (χ2v) is 13.7. The van der Waals surface area contributed by atoms with Gasteiger partial charge in [-0.2, -0.15) is 0 Å². The lowest BCUT2D eigenvalue weighted by atomic mass is 9.88. The number of fused-ring (bicyclic) bond motifs is 3. The molecule has 3 nitrogen and oxygen atoms in total. The van der Waals surface area contributed by atoms with Crippen molar-refractivity contribution in [1.82, 2.24) is 9.97 Å². The number of furan rings is 1. The van der Waals surface area contributed by atoms with Gasteiger partial charge in [0.2, 0.25) is 0 Å². The van der Waals surface area contributed by atoms with E-state index >= 15 is 0 Å². The molecule has 0 N–H and O–H groups in total. The Morgan fingerprint density at radius 2 is 0.782 bits per heavy atom. The Kier molecular flexibility index (Phi) is 8.16. The summed E-state index contributed by atoms with van der Waals surface area (Å²) >= 11 is 0. The lowest BCUT2D eigenvalue weighted by Gasteiger charge is -2.15. The monoisotopic (exact) mass is 702 g/mol. The summed E-state index contributed by atoms with van der Waals surface area (Å²) in [4.78, 5) is 10.3. The average Bonchev–Trinajstić information content (AvgIpc) is 3.66. The van der Waals surface area contributed by atoms with E-state index < -0.39 is 0 Å². The van der Waals surface area contributed by atoms with Crippen LogP contribution in [-0.4, -0.2) is 9.97 Å². The molecule has 0 amide bonds. The molecule has 10 rings (SSSR count). The van der Waals surface area contributed by atoms with Gasteiger partial charge < -0.3 is 4.42 Å². The summed E-state index contributed by atoms with van der Waals surface area (Å²) in [5.41, 5.74) is 15.4. The van der Waals surface area contributed by atoms with Crippen LogP contribution in [0.5, 0.6) is 0 Å². The van der Waals surface area contributed by atoms with E-state index in [9.17, 15) is 0 Å². The Morgan fingerprint density at radius 1 is 0.309 bits per heavy atom. The topological polar surface area (TPSA) is 38.9 Å². The first-order valence-corrected chi connectivity index (χ1v) is 18.6. The van der Waals surface area contributed by atoms with Crippen molar-refractivity contribution in [3.8, 4) is 78.4 Å². The number of hydrogen-bond donors (Lipinski definition) is 0. The van der Waals surface area contributed by atoms with E-state index in [1.165, 1.54) is 11.1 Å². The fraction of sp³-hybridized carbons (Fsp3) is 0. The van der Waals surface area contributed by atoms with E-state index in [1.54, 1.807) is 0 Å². The summed E-state index contributed by atoms with van der Waals surface area (Å²) in [6.45, 7) is 0. The molecule has 0 aliphatic heterocycles. The average molecular weight is 703 g/mol. The van der Waals surface area contributed by atoms with Crippen molar-refractivity contribution in [1.29, 1.82) is 0 Å². The predicted molar refractivity (Wildman–Crippen MR) is 227 cm³/mol. The highest BCUT2D eigenvalue weighted by atomic mass is 16.3. The fourth-order valence-electron chi connectivity index (χ4n) is 7.75. The van der Waals surface area contributed by atoms with E-state index in [1.807, 2.05) is 36.4 Å². The van der Waals surface area contributed by atoms with Crippen molar-refractivity contribution in [2.24, 2.45) is 0 Å². The van der Waals surface area contributed by atoms with Gasteiger partial charge >= 0.3 is 0 Å². The number of nitrogens with zero attached hydrogens (tertiary/aromatic N) is 2. The van der Waals surface area contributed by atoms with Gasteiger partial charge in [-0.1, -0.05) is 182 Å². The number of benzene rings is 8. The zero-order chi connectivity index (χ0) is 36.6. The quantitative estimate of drug-likeness (QED) is 0.166. The lowest BCUT2D eigenvalue weighted by Crippen LogP contribution is -1.96. The molecule has 0 bridgehead atoms. The summed E-state index contributed by atoms with van der Waals surface area (Å²) in [7, 11) is 0. The van der Waals surface area contributed by atoms with Crippen LogP contribution in [0.1, 0.15) is 0 Å². The molecule has 55 heavy (non-hydrogen) atoms. The molecule has 3 heteroatoms. The minimum atomic E-state index is 0.678. The second-order valence-electron chi connectivity index (χ2n) is 13.7. The van der Waals surface area contributed by atoms with E-state index in [4.69, 9.17) is 14.4 Å². The van der Waals surface area contributed by atoms with Crippen LogP contribution in [-0.2, 0) is 0 Å². The normalized spacial score (nSPS) is 11.3. The van der Waals surface area contributed by atoms with Crippen molar-refractivity contribution in [3.63, 3.8) is 0 Å². The van der Waals surface area contributed by atoms with E-state index in [-0.39, 0.29) is 0 Å². The van der Waals surface area contributed by atoms with Gasteiger partial charge in [-0.25, -0.2) is 9.97 Å². The Hall–Kier alpha value is -7.36. The maximum absolute atomic E-state index is 6.98. The molecular weight excluding hydrogens is 669 g/mol. The molecule has 0 atom stereocenters. The summed E-state index contributed by atoms with van der Waals surface area (Å²) in [6.07, 6.45) is 0. The molecule has 0 saturated carbocycles. The minimum Gasteiger partial charge on any atom is -0.455 e. The maximum Gasteiger partial charge on any atom is 0.160 e. The largest absolute Gasteiger partial charge is 0.455 e. The maximum atomic E-state index is 6.98. The first-order valence-electron chi connectivity index (χ1n) is 18.6. The van der Waals surface area contributed by atoms with Gasteiger partial charge in [0.15, 0.2) is 5.82 Å². The molecule has 0 unspecified atom stereocenters. The van der Waals surface area contributed by atoms with Crippen molar-refractivity contribution in [2.45, 2.75) is 0 Å². The molecule has 10 aromatic rings. The van der Waals surface area contributed by atoms with E-state index in [0.717, 1.165) is 83.4 Å². The first-order chi connectivity index (χ1) is 27.3. The van der Waals surface area contributed by atoms with Crippen LogP contribution in [0.3, 0.4) is 0 Å². The van der Waals surface area contributed by atoms with Crippen LogP contribution in [0.25, 0.3) is 100 Å². The Labute approximate surface area is 319 Å². The van der Waals surface area contributed by atoms with Crippen molar-refractivity contribution in [2.75, 3.05) is 0 Å². The molecule has 258 valence electrons. The van der Waals surface area contributed by atoms with Gasteiger partial charge in [0.25, 0.3) is 0 Å². The van der Waals surface area contributed by atoms with Crippen molar-refractivity contribution >= 4 is 21.9 Å². The molecule has 0 aliphatic carbocycles. The Bertz CT molecular complexity index is 2900. The summed E-state index contributed by atoms with van der Waals surface area (Å²) in [6, 6.07) is 72.1. The highest BCUT2D eigenvalue weighted by molar-refractivity contribution is 6.17. The molecule has 2 heterocycles. The molecule has 0 fully saturated rings. The third-order valence-electron chi connectivity index (χ3n) is 10.3. The predicted octanol–water partition coefficient (Wildman–Crippen LogP) is 14.0. The summed E-state index contributed by atoms with van der Waals surface area (Å²) in [5, 5.41) is 2.05. The third kappa shape index (κ3) is 5.98. The van der Waals surface area contributed by atoms with Crippen molar-refractivity contribution < 1.29 is 4.42 Å². The van der Waals surface area contributed by atoms with Crippen LogP contribution >= 0.6 is 0 Å². The van der Waals surface area contributed by atoms with Crippen LogP contribution in [0.15, 0.2) is 211 Å². The highest BCUT2D eigenvalue weighted by Crippen LogP contribution is 2.46. The number of aromatic nitrogens is 2. The van der Waals surface area contributed by atoms with Crippen LogP contribution in [0, 0.1) is 0 Å². The Balaban J connectivity index is 1.28. The lowest BCUT2D eigenvalue weighted by molar-refractivity contribution is 0.670. The summed E-state index contributed by atoms with van der Waals surface area (Å²) < 4.78 is 6.98. The van der Waals surface area contributed by atoms with Crippen LogP contribution in [0.4, 0.5) is 0 Å². The summed E-state index contributed by atoms with van der Waals surface area (Å²) in [5.74, 6) is 0.678. The fourth-order valence-corrected chi connectivity index (χ4v) is 7.75. The molecule has 8 aromatic carbocycles. The van der Waals surface area contributed by atoms with Gasteiger partial charge in [-0.3, -0.25) is 0 Å². The molecule has 0 radical (unpaired) electrons. The Morgan fingerprint density at radius 3 is 1.40 bits per heavy atom. The van der Waals surface area contributed by atoms with E-state index in [0.29, 0.717) is 5.82 Å². The van der Waals surface area contributed by atoms with Crippen LogP contribution in [0.2, 0.25) is 0 Å². The van der Waals surface area contributed by atoms with Gasteiger partial charge in [0.05, 0.1) is 11.4 Å². The molecule has 0 aliphatic rings. The zero-order valence-corrected chi connectivity index (χ0v) is 29.9. The molecule has 0 spiro atoms. The van der Waals surface area contributed by atoms with Gasteiger partial charge in [0.1, 0.15) is 11.2 Å². The SMILES string of the molecule is c1ccc(-c2cc(-c3cccc4oc5c(-c6ccccc6-c6ccccc6)cc(-c6ccccc6-c6ccccc6)cc5c34)nc(-c3ccccc3)n2)cc1. The number of rotatable bonds is 7. The smallest absolute Gasteiger partial charge is 0.160 e. The second kappa shape index (κ2) is 13.9. The number of hydrogen-bond acceptors (Lipinski definition) is 3. The molecule has 2 aromatic heterocycles. The first kappa shape index (κ1) is 32.3.